The van der Waals surface area contributed by atoms with Crippen molar-refractivity contribution in [3.05, 3.63) is 28.2 Å². The first kappa shape index (κ1) is 22.6. The van der Waals surface area contributed by atoms with Crippen LogP contribution < -0.4 is 10.2 Å². The predicted octanol–water partition coefficient (Wildman–Crippen LogP) is 2.64. The highest BCUT2D eigenvalue weighted by Gasteiger charge is 2.26. The molecule has 1 aromatic carbocycles. The maximum absolute atomic E-state index is 12.8. The van der Waals surface area contributed by atoms with Gasteiger partial charge in [0.1, 0.15) is 0 Å². The van der Waals surface area contributed by atoms with Gasteiger partial charge in [0.05, 0.1) is 7.05 Å². The Labute approximate surface area is 166 Å². The average molecular weight is 427 g/mol. The fraction of sp³-hybridized carbons (Fsp3) is 0.600. The highest BCUT2D eigenvalue weighted by atomic mass is 79.9. The van der Waals surface area contributed by atoms with Gasteiger partial charge in [0.15, 0.2) is 13.1 Å². The Morgan fingerprint density at radius 2 is 1.73 bits per heavy atom. The molecule has 0 heterocycles. The number of quaternary nitrogens is 1. The summed E-state index contributed by atoms with van der Waals surface area (Å²) in [6.45, 7) is 10.9. The van der Waals surface area contributed by atoms with E-state index in [4.69, 9.17) is 0 Å². The van der Waals surface area contributed by atoms with Crippen molar-refractivity contribution in [1.29, 1.82) is 0 Å². The zero-order valence-electron chi connectivity index (χ0n) is 16.9. The van der Waals surface area contributed by atoms with Gasteiger partial charge in [0.25, 0.3) is 11.8 Å². The molecule has 1 unspecified atom stereocenters. The highest BCUT2D eigenvalue weighted by Crippen LogP contribution is 2.19. The Morgan fingerprint density at radius 3 is 2.23 bits per heavy atom. The fourth-order valence-corrected chi connectivity index (χ4v) is 3.44. The van der Waals surface area contributed by atoms with E-state index in [1.807, 2.05) is 37.1 Å². The molecule has 0 saturated heterocycles. The van der Waals surface area contributed by atoms with Crippen molar-refractivity contribution in [2.75, 3.05) is 25.5 Å². The van der Waals surface area contributed by atoms with Gasteiger partial charge < -0.3 is 15.1 Å². The van der Waals surface area contributed by atoms with Crippen LogP contribution in [-0.2, 0) is 9.59 Å². The lowest BCUT2D eigenvalue weighted by Crippen LogP contribution is -3.11. The molecule has 2 amide bonds. The molecule has 0 bridgehead atoms. The summed E-state index contributed by atoms with van der Waals surface area (Å²) in [6, 6.07) is 6.17. The number of benzene rings is 1. The fourth-order valence-electron chi connectivity index (χ4n) is 2.97. The molecular weight excluding hydrogens is 394 g/mol. The Balaban J connectivity index is 2.64. The Hall–Kier alpha value is -1.40. The molecule has 2 N–H and O–H groups in total. The topological polar surface area (TPSA) is 53.9 Å². The number of nitrogens with one attached hydrogen (secondary N) is 2. The van der Waals surface area contributed by atoms with E-state index in [9.17, 15) is 9.59 Å². The van der Waals surface area contributed by atoms with Crippen molar-refractivity contribution < 1.29 is 14.5 Å². The number of hydrogen-bond donors (Lipinski definition) is 2. The van der Waals surface area contributed by atoms with Crippen LogP contribution in [0.3, 0.4) is 0 Å². The van der Waals surface area contributed by atoms with Crippen LogP contribution in [0.15, 0.2) is 22.7 Å². The number of carbonyl (C=O) groups is 2. The standard InChI is InChI=1S/C20H32BrN3O2/c1-7-15(4)24(16(5)8-2)20(26)13-23(6)12-19(25)22-18-10-9-17(21)11-14(18)3/h9-11,15-16H,7-8,12-13H2,1-6H3,(H,22,25)/p+1/t15-,16-/m0/s1. The van der Waals surface area contributed by atoms with Gasteiger partial charge in [0.2, 0.25) is 0 Å². The molecule has 0 spiro atoms. The summed E-state index contributed by atoms with van der Waals surface area (Å²) in [7, 11) is 1.89. The van der Waals surface area contributed by atoms with Crippen molar-refractivity contribution in [2.45, 2.75) is 59.5 Å². The molecule has 1 aromatic rings. The third kappa shape index (κ3) is 6.72. The lowest BCUT2D eigenvalue weighted by molar-refractivity contribution is -0.862. The van der Waals surface area contributed by atoms with Crippen LogP contribution >= 0.6 is 15.9 Å². The number of nitrogens with zero attached hydrogens (tertiary/aromatic N) is 1. The SMILES string of the molecule is CC[C@H](C)N(C(=O)C[NH+](C)CC(=O)Nc1ccc(Br)cc1C)[C@@H](C)CC. The molecule has 26 heavy (non-hydrogen) atoms. The lowest BCUT2D eigenvalue weighted by atomic mass is 10.1. The first-order chi connectivity index (χ1) is 12.2. The van der Waals surface area contributed by atoms with Crippen molar-refractivity contribution in [3.8, 4) is 0 Å². The monoisotopic (exact) mass is 426 g/mol. The molecule has 0 aliphatic rings. The van der Waals surface area contributed by atoms with Crippen LogP contribution in [0.4, 0.5) is 5.69 Å². The van der Waals surface area contributed by atoms with Gasteiger partial charge in [-0.2, -0.15) is 0 Å². The zero-order chi connectivity index (χ0) is 19.9. The summed E-state index contributed by atoms with van der Waals surface area (Å²) in [5.74, 6) is 0.0261. The number of likely N-dealkylation sites (N-methyl/N-ethyl adjacent to an activating group) is 1. The van der Waals surface area contributed by atoms with Gasteiger partial charge in [-0.15, -0.1) is 0 Å². The summed E-state index contributed by atoms with van der Waals surface area (Å²) in [5.41, 5.74) is 1.80. The normalized spacial score (nSPS) is 14.4. The predicted molar refractivity (Wildman–Crippen MR) is 110 cm³/mol. The molecule has 0 aliphatic carbocycles. The van der Waals surface area contributed by atoms with E-state index in [1.165, 1.54) is 0 Å². The van der Waals surface area contributed by atoms with Crippen LogP contribution in [0, 0.1) is 6.92 Å². The molecule has 0 aromatic heterocycles. The molecule has 6 heteroatoms. The Bertz CT molecular complexity index is 611. The van der Waals surface area contributed by atoms with Crippen LogP contribution in [0.25, 0.3) is 0 Å². The van der Waals surface area contributed by atoms with E-state index in [1.54, 1.807) is 0 Å². The molecule has 5 nitrogen and oxygen atoms in total. The number of hydrogen-bond acceptors (Lipinski definition) is 2. The average Bonchev–Trinajstić information content (AvgIpc) is 2.56. The van der Waals surface area contributed by atoms with E-state index < -0.39 is 0 Å². The van der Waals surface area contributed by atoms with Crippen LogP contribution in [0.1, 0.15) is 46.1 Å². The van der Waals surface area contributed by atoms with Gasteiger partial charge in [-0.3, -0.25) is 9.59 Å². The first-order valence-corrected chi connectivity index (χ1v) is 10.2. The number of rotatable bonds is 9. The second-order valence-corrected chi connectivity index (χ2v) is 8.05. The van der Waals surface area contributed by atoms with Gasteiger partial charge in [-0.25, -0.2) is 0 Å². The van der Waals surface area contributed by atoms with Crippen LogP contribution in [0.2, 0.25) is 0 Å². The minimum Gasteiger partial charge on any atom is -0.332 e. The van der Waals surface area contributed by atoms with Crippen LogP contribution in [-0.4, -0.2) is 48.9 Å². The van der Waals surface area contributed by atoms with E-state index in [-0.39, 0.29) is 30.4 Å². The molecule has 0 fully saturated rings. The molecular formula is C20H33BrN3O2+. The van der Waals surface area contributed by atoms with Gasteiger partial charge in [-0.1, -0.05) is 29.8 Å². The van der Waals surface area contributed by atoms with Crippen molar-refractivity contribution in [2.24, 2.45) is 0 Å². The van der Waals surface area contributed by atoms with Crippen molar-refractivity contribution >= 4 is 33.4 Å². The number of halogens is 1. The Kier molecular flexibility index (Phi) is 9.30. The van der Waals surface area contributed by atoms with E-state index >= 15 is 0 Å². The maximum atomic E-state index is 12.8. The minimum atomic E-state index is -0.0839. The minimum absolute atomic E-state index is 0.0839. The van der Waals surface area contributed by atoms with Crippen LogP contribution in [0.5, 0.6) is 0 Å². The second kappa shape index (κ2) is 10.7. The summed E-state index contributed by atoms with van der Waals surface area (Å²) in [5, 5.41) is 2.93. The summed E-state index contributed by atoms with van der Waals surface area (Å²) < 4.78 is 0.983. The maximum Gasteiger partial charge on any atom is 0.279 e. The Morgan fingerprint density at radius 1 is 1.15 bits per heavy atom. The zero-order valence-corrected chi connectivity index (χ0v) is 18.4. The van der Waals surface area contributed by atoms with E-state index in [0.29, 0.717) is 6.54 Å². The number of carbonyl (C=O) groups excluding carboxylic acids is 2. The lowest BCUT2D eigenvalue weighted by Gasteiger charge is -2.34. The van der Waals surface area contributed by atoms with E-state index in [2.05, 4.69) is 48.9 Å². The number of aryl methyl sites for hydroxylation is 1. The first-order valence-electron chi connectivity index (χ1n) is 9.37. The molecule has 0 saturated carbocycles. The summed E-state index contributed by atoms with van der Waals surface area (Å²) >= 11 is 3.42. The largest absolute Gasteiger partial charge is 0.332 e. The van der Waals surface area contributed by atoms with Gasteiger partial charge in [0, 0.05) is 22.2 Å². The second-order valence-electron chi connectivity index (χ2n) is 7.13. The van der Waals surface area contributed by atoms with Crippen molar-refractivity contribution in [3.63, 3.8) is 0 Å². The van der Waals surface area contributed by atoms with Gasteiger partial charge >= 0.3 is 0 Å². The van der Waals surface area contributed by atoms with Gasteiger partial charge in [-0.05, 0) is 57.4 Å². The molecule has 3 atom stereocenters. The molecule has 146 valence electrons. The third-order valence-corrected chi connectivity index (χ3v) is 5.29. The summed E-state index contributed by atoms with van der Waals surface area (Å²) in [6.07, 6.45) is 1.86. The highest BCUT2D eigenvalue weighted by molar-refractivity contribution is 9.10. The summed E-state index contributed by atoms with van der Waals surface area (Å²) in [4.78, 5) is 27.9. The molecule has 0 aliphatic heterocycles. The smallest absolute Gasteiger partial charge is 0.279 e. The van der Waals surface area contributed by atoms with E-state index in [0.717, 1.165) is 33.5 Å². The molecule has 0 radical (unpaired) electrons. The molecule has 1 rings (SSSR count). The van der Waals surface area contributed by atoms with Crippen molar-refractivity contribution in [1.82, 2.24) is 4.90 Å². The number of amides is 2. The quantitative estimate of drug-likeness (QED) is 0.637. The third-order valence-electron chi connectivity index (χ3n) is 4.80. The number of anilines is 1.